The van der Waals surface area contributed by atoms with Gasteiger partial charge in [0, 0.05) is 38.1 Å². The van der Waals surface area contributed by atoms with Crippen molar-refractivity contribution in [2.75, 3.05) is 39.4 Å². The molecular formula is C14H23N3O2S. The van der Waals surface area contributed by atoms with Crippen LogP contribution in [0.25, 0.3) is 0 Å². The highest BCUT2D eigenvalue weighted by molar-refractivity contribution is 7.80. The van der Waals surface area contributed by atoms with E-state index in [2.05, 4.69) is 10.2 Å². The lowest BCUT2D eigenvalue weighted by molar-refractivity contribution is 0.0358. The van der Waals surface area contributed by atoms with E-state index >= 15 is 0 Å². The summed E-state index contributed by atoms with van der Waals surface area (Å²) < 4.78 is 5.35. The molecule has 3 fully saturated rings. The van der Waals surface area contributed by atoms with Crippen molar-refractivity contribution in [1.29, 1.82) is 0 Å². The number of nitrogens with one attached hydrogen (secondary N) is 1. The van der Waals surface area contributed by atoms with Crippen LogP contribution in [0.1, 0.15) is 25.7 Å². The van der Waals surface area contributed by atoms with Crippen molar-refractivity contribution in [2.45, 2.75) is 31.7 Å². The van der Waals surface area contributed by atoms with Crippen molar-refractivity contribution in [3.05, 3.63) is 0 Å². The predicted octanol–water partition coefficient (Wildman–Crippen LogP) is 1.23. The second-order valence-electron chi connectivity index (χ2n) is 5.90. The number of fused-ring (bicyclic) bond motifs is 1. The Morgan fingerprint density at radius 3 is 2.85 bits per heavy atom. The molecule has 2 heterocycles. The Kier molecular flexibility index (Phi) is 4.53. The van der Waals surface area contributed by atoms with Crippen molar-refractivity contribution in [2.24, 2.45) is 5.92 Å². The van der Waals surface area contributed by atoms with Crippen LogP contribution in [-0.4, -0.2) is 66.3 Å². The van der Waals surface area contributed by atoms with Gasteiger partial charge in [0.2, 0.25) is 0 Å². The van der Waals surface area contributed by atoms with Crippen molar-refractivity contribution < 1.29 is 9.53 Å². The fraction of sp³-hybridized carbons (Fsp3) is 0.857. The highest BCUT2D eigenvalue weighted by Gasteiger charge is 2.41. The van der Waals surface area contributed by atoms with Gasteiger partial charge < -0.3 is 15.0 Å². The molecule has 0 radical (unpaired) electrons. The van der Waals surface area contributed by atoms with Crippen LogP contribution in [0.3, 0.4) is 0 Å². The van der Waals surface area contributed by atoms with Crippen LogP contribution in [-0.2, 0) is 4.74 Å². The number of hydrogen-bond acceptors (Lipinski definition) is 4. The number of ether oxygens (including phenoxy) is 1. The van der Waals surface area contributed by atoms with E-state index in [1.165, 1.54) is 6.42 Å². The monoisotopic (exact) mass is 297 g/mol. The topological polar surface area (TPSA) is 44.8 Å². The van der Waals surface area contributed by atoms with Gasteiger partial charge in [-0.3, -0.25) is 4.90 Å². The number of urea groups is 1. The Balaban J connectivity index is 1.50. The predicted molar refractivity (Wildman–Crippen MR) is 80.8 cm³/mol. The first-order valence-electron chi connectivity index (χ1n) is 7.67. The van der Waals surface area contributed by atoms with Crippen LogP contribution in [0.5, 0.6) is 0 Å². The molecule has 3 aliphatic rings. The standard InChI is InChI=1S/C14H23N3O2S/c18-14-15-13(20)11-3-1-4-12(11)17(14)6-2-5-16-7-9-19-10-8-16/h11-12H,1-10H2,(H,15,18,20). The zero-order valence-electron chi connectivity index (χ0n) is 11.8. The second-order valence-corrected chi connectivity index (χ2v) is 6.34. The molecule has 1 saturated carbocycles. The van der Waals surface area contributed by atoms with Crippen LogP contribution in [0, 0.1) is 5.92 Å². The van der Waals surface area contributed by atoms with Crippen molar-refractivity contribution in [3.8, 4) is 0 Å². The summed E-state index contributed by atoms with van der Waals surface area (Å²) in [6.45, 7) is 5.60. The average molecular weight is 297 g/mol. The lowest BCUT2D eigenvalue weighted by Crippen LogP contribution is -2.58. The molecule has 6 heteroatoms. The van der Waals surface area contributed by atoms with Crippen LogP contribution in [0.4, 0.5) is 4.79 Å². The molecule has 2 unspecified atom stereocenters. The summed E-state index contributed by atoms with van der Waals surface area (Å²) >= 11 is 5.31. The van der Waals surface area contributed by atoms with Crippen molar-refractivity contribution in [1.82, 2.24) is 15.1 Å². The molecule has 2 amide bonds. The zero-order valence-corrected chi connectivity index (χ0v) is 12.7. The SMILES string of the molecule is O=C1NC(=S)C2CCCC2N1CCCN1CCOCC1. The van der Waals surface area contributed by atoms with Crippen molar-refractivity contribution in [3.63, 3.8) is 0 Å². The Bertz CT molecular complexity index is 385. The number of carbonyl (C=O) groups excluding carboxylic acids is 1. The molecule has 0 aromatic heterocycles. The van der Waals surface area contributed by atoms with E-state index in [0.717, 1.165) is 63.6 Å². The third-order valence-electron chi connectivity index (χ3n) is 4.68. The number of nitrogens with zero attached hydrogens (tertiary/aromatic N) is 2. The molecule has 2 saturated heterocycles. The van der Waals surface area contributed by atoms with Crippen molar-refractivity contribution >= 4 is 23.2 Å². The normalized spacial score (nSPS) is 31.3. The Labute approximate surface area is 125 Å². The molecule has 2 aliphatic heterocycles. The first-order valence-corrected chi connectivity index (χ1v) is 8.08. The van der Waals surface area contributed by atoms with Gasteiger partial charge in [0.05, 0.1) is 18.2 Å². The molecule has 20 heavy (non-hydrogen) atoms. The summed E-state index contributed by atoms with van der Waals surface area (Å²) in [7, 11) is 0. The minimum atomic E-state index is 0.0140. The first-order chi connectivity index (χ1) is 9.75. The van der Waals surface area contributed by atoms with Gasteiger partial charge in [-0.15, -0.1) is 0 Å². The third-order valence-corrected chi connectivity index (χ3v) is 5.09. The van der Waals surface area contributed by atoms with Gasteiger partial charge in [0.1, 0.15) is 0 Å². The van der Waals surface area contributed by atoms with E-state index in [-0.39, 0.29) is 6.03 Å². The van der Waals surface area contributed by atoms with Crippen LogP contribution >= 0.6 is 12.2 Å². The Morgan fingerprint density at radius 2 is 2.05 bits per heavy atom. The zero-order chi connectivity index (χ0) is 13.9. The van der Waals surface area contributed by atoms with Gasteiger partial charge in [-0.1, -0.05) is 18.6 Å². The van der Waals surface area contributed by atoms with Gasteiger partial charge >= 0.3 is 6.03 Å². The number of thiocarbonyl (C=S) groups is 1. The molecule has 2 atom stereocenters. The van der Waals surface area contributed by atoms with E-state index < -0.39 is 0 Å². The summed E-state index contributed by atoms with van der Waals surface area (Å²) in [5.41, 5.74) is 0. The molecular weight excluding hydrogens is 274 g/mol. The Morgan fingerprint density at radius 1 is 1.25 bits per heavy atom. The fourth-order valence-electron chi connectivity index (χ4n) is 3.60. The molecule has 0 bridgehead atoms. The summed E-state index contributed by atoms with van der Waals surface area (Å²) in [4.78, 5) is 17.3. The summed E-state index contributed by atoms with van der Waals surface area (Å²) in [6.07, 6.45) is 4.45. The lowest BCUT2D eigenvalue weighted by atomic mass is 9.99. The largest absolute Gasteiger partial charge is 0.379 e. The fourth-order valence-corrected chi connectivity index (χ4v) is 3.96. The number of hydrogen-bond donors (Lipinski definition) is 1. The van der Waals surface area contributed by atoms with Gasteiger partial charge in [-0.05, 0) is 19.3 Å². The molecule has 0 spiro atoms. The number of carbonyl (C=O) groups is 1. The molecule has 5 nitrogen and oxygen atoms in total. The van der Waals surface area contributed by atoms with Gasteiger partial charge in [-0.25, -0.2) is 4.79 Å². The summed E-state index contributed by atoms with van der Waals surface area (Å²) in [5.74, 6) is 0.395. The van der Waals surface area contributed by atoms with E-state index in [9.17, 15) is 4.79 Å². The lowest BCUT2D eigenvalue weighted by Gasteiger charge is -2.38. The molecule has 1 N–H and O–H groups in total. The highest BCUT2D eigenvalue weighted by atomic mass is 32.1. The van der Waals surface area contributed by atoms with Gasteiger partial charge in [0.25, 0.3) is 0 Å². The molecule has 1 aliphatic carbocycles. The maximum Gasteiger partial charge on any atom is 0.322 e. The average Bonchev–Trinajstić information content (AvgIpc) is 2.93. The third kappa shape index (κ3) is 2.97. The second kappa shape index (κ2) is 6.37. The summed E-state index contributed by atoms with van der Waals surface area (Å²) in [6, 6.07) is 0.362. The number of rotatable bonds is 4. The summed E-state index contributed by atoms with van der Waals surface area (Å²) in [5, 5.41) is 2.87. The number of morpholine rings is 1. The highest BCUT2D eigenvalue weighted by Crippen LogP contribution is 2.33. The van der Waals surface area contributed by atoms with E-state index in [0.29, 0.717) is 12.0 Å². The quantitative estimate of drug-likeness (QED) is 0.793. The van der Waals surface area contributed by atoms with Gasteiger partial charge in [0.15, 0.2) is 0 Å². The molecule has 112 valence electrons. The first kappa shape index (κ1) is 14.2. The van der Waals surface area contributed by atoms with Crippen LogP contribution < -0.4 is 5.32 Å². The van der Waals surface area contributed by atoms with E-state index in [4.69, 9.17) is 17.0 Å². The van der Waals surface area contributed by atoms with Crippen LogP contribution in [0.2, 0.25) is 0 Å². The van der Waals surface area contributed by atoms with E-state index in [1.807, 2.05) is 4.90 Å². The van der Waals surface area contributed by atoms with Crippen LogP contribution in [0.15, 0.2) is 0 Å². The minimum absolute atomic E-state index is 0.0140. The molecule has 0 aromatic rings. The smallest absolute Gasteiger partial charge is 0.322 e. The Hall–Kier alpha value is -0.720. The minimum Gasteiger partial charge on any atom is -0.379 e. The maximum absolute atomic E-state index is 12.1. The van der Waals surface area contributed by atoms with E-state index in [1.54, 1.807) is 0 Å². The molecule has 0 aromatic carbocycles. The molecule has 3 rings (SSSR count). The number of amides is 2. The van der Waals surface area contributed by atoms with Gasteiger partial charge in [-0.2, -0.15) is 0 Å². The maximum atomic E-state index is 12.1.